The summed E-state index contributed by atoms with van der Waals surface area (Å²) in [6, 6.07) is 1.84. The average Bonchev–Trinajstić information content (AvgIpc) is 2.51. The van der Waals surface area contributed by atoms with Crippen molar-refractivity contribution in [3.05, 3.63) is 23.7 Å². The Morgan fingerprint density at radius 3 is 2.64 bits per heavy atom. The molecule has 0 saturated heterocycles. The Morgan fingerprint density at radius 1 is 1.57 bits per heavy atom. The SMILES string of the molecule is N#CCC(N)c1coc(C(F)(F)F)c1. The second-order valence-electron chi connectivity index (χ2n) is 2.71. The van der Waals surface area contributed by atoms with E-state index in [9.17, 15) is 13.2 Å². The Hall–Kier alpha value is -1.48. The van der Waals surface area contributed by atoms with Gasteiger partial charge in [0.05, 0.1) is 18.8 Å². The highest BCUT2D eigenvalue weighted by molar-refractivity contribution is 5.19. The van der Waals surface area contributed by atoms with E-state index < -0.39 is 18.0 Å². The van der Waals surface area contributed by atoms with Crippen LogP contribution in [0.1, 0.15) is 23.8 Å². The van der Waals surface area contributed by atoms with Crippen LogP contribution in [0.3, 0.4) is 0 Å². The van der Waals surface area contributed by atoms with E-state index in [-0.39, 0.29) is 12.0 Å². The van der Waals surface area contributed by atoms with E-state index in [2.05, 4.69) is 4.42 Å². The standard InChI is InChI=1S/C8H7F3N2O/c9-8(10,11)7-3-5(4-14-7)6(13)1-2-12/h3-4,6H,1,13H2. The number of hydrogen-bond donors (Lipinski definition) is 1. The Balaban J connectivity index is 2.84. The molecule has 1 heterocycles. The number of halogens is 3. The van der Waals surface area contributed by atoms with Crippen molar-refractivity contribution in [2.24, 2.45) is 5.73 Å². The van der Waals surface area contributed by atoms with Crippen molar-refractivity contribution in [1.29, 1.82) is 5.26 Å². The fraction of sp³-hybridized carbons (Fsp3) is 0.375. The Labute approximate surface area is 77.9 Å². The number of alkyl halides is 3. The molecule has 0 amide bonds. The first-order valence-electron chi connectivity index (χ1n) is 3.73. The highest BCUT2D eigenvalue weighted by atomic mass is 19.4. The van der Waals surface area contributed by atoms with E-state index in [0.717, 1.165) is 12.3 Å². The normalized spacial score (nSPS) is 13.6. The summed E-state index contributed by atoms with van der Waals surface area (Å²) in [5.74, 6) is -1.10. The highest BCUT2D eigenvalue weighted by Gasteiger charge is 2.35. The summed E-state index contributed by atoms with van der Waals surface area (Å²) in [5.41, 5.74) is 5.59. The second kappa shape index (κ2) is 3.72. The van der Waals surface area contributed by atoms with Gasteiger partial charge in [0.1, 0.15) is 0 Å². The van der Waals surface area contributed by atoms with Crippen molar-refractivity contribution in [3.8, 4) is 6.07 Å². The molecule has 0 fully saturated rings. The first-order chi connectivity index (χ1) is 6.45. The molecule has 1 unspecified atom stereocenters. The lowest BCUT2D eigenvalue weighted by Crippen LogP contribution is -2.08. The number of furan rings is 1. The van der Waals surface area contributed by atoms with Crippen molar-refractivity contribution in [3.63, 3.8) is 0 Å². The summed E-state index contributed by atoms with van der Waals surface area (Å²) in [4.78, 5) is 0. The molecule has 0 bridgehead atoms. The minimum Gasteiger partial charge on any atom is -0.459 e. The molecule has 0 spiro atoms. The predicted octanol–water partition coefficient (Wildman–Crippen LogP) is 2.21. The van der Waals surface area contributed by atoms with Crippen molar-refractivity contribution < 1.29 is 17.6 Å². The lowest BCUT2D eigenvalue weighted by molar-refractivity contribution is -0.153. The first kappa shape index (κ1) is 10.6. The number of rotatable bonds is 2. The lowest BCUT2D eigenvalue weighted by atomic mass is 10.1. The summed E-state index contributed by atoms with van der Waals surface area (Å²) in [6.07, 6.45) is -3.63. The van der Waals surface area contributed by atoms with Gasteiger partial charge in [-0.15, -0.1) is 0 Å². The summed E-state index contributed by atoms with van der Waals surface area (Å²) in [7, 11) is 0. The van der Waals surface area contributed by atoms with Gasteiger partial charge < -0.3 is 10.2 Å². The van der Waals surface area contributed by atoms with E-state index >= 15 is 0 Å². The summed E-state index contributed by atoms with van der Waals surface area (Å²) >= 11 is 0. The van der Waals surface area contributed by atoms with Gasteiger partial charge in [-0.1, -0.05) is 0 Å². The molecular formula is C8H7F3N2O. The molecule has 1 rings (SSSR count). The van der Waals surface area contributed by atoms with Crippen LogP contribution in [0.25, 0.3) is 0 Å². The van der Waals surface area contributed by atoms with Gasteiger partial charge >= 0.3 is 6.18 Å². The third-order valence-corrected chi connectivity index (χ3v) is 1.64. The van der Waals surface area contributed by atoms with Crippen LogP contribution >= 0.6 is 0 Å². The van der Waals surface area contributed by atoms with E-state index in [0.29, 0.717) is 0 Å². The summed E-state index contributed by atoms with van der Waals surface area (Å²) < 4.78 is 40.4. The molecule has 1 aromatic heterocycles. The molecule has 6 heteroatoms. The first-order valence-corrected chi connectivity index (χ1v) is 3.73. The molecule has 3 nitrogen and oxygen atoms in total. The van der Waals surface area contributed by atoms with Crippen LogP contribution in [0.5, 0.6) is 0 Å². The van der Waals surface area contributed by atoms with Crippen molar-refractivity contribution >= 4 is 0 Å². The molecule has 14 heavy (non-hydrogen) atoms. The topological polar surface area (TPSA) is 63.0 Å². The number of nitrogens with two attached hydrogens (primary N) is 1. The van der Waals surface area contributed by atoms with Gasteiger partial charge in [-0.05, 0) is 6.07 Å². The molecule has 0 aliphatic heterocycles. The van der Waals surface area contributed by atoms with E-state index in [1.165, 1.54) is 0 Å². The van der Waals surface area contributed by atoms with E-state index in [1.54, 1.807) is 6.07 Å². The summed E-state index contributed by atoms with van der Waals surface area (Å²) in [5, 5.41) is 8.28. The van der Waals surface area contributed by atoms with Gasteiger partial charge in [0.25, 0.3) is 0 Å². The predicted molar refractivity (Wildman–Crippen MR) is 40.9 cm³/mol. The van der Waals surface area contributed by atoms with Gasteiger partial charge in [0.2, 0.25) is 5.76 Å². The Morgan fingerprint density at radius 2 is 2.21 bits per heavy atom. The molecule has 2 N–H and O–H groups in total. The Bertz CT molecular complexity index is 350. The third kappa shape index (κ3) is 2.26. The maximum atomic E-state index is 12.1. The zero-order chi connectivity index (χ0) is 10.8. The summed E-state index contributed by atoms with van der Waals surface area (Å²) in [6.45, 7) is 0. The lowest BCUT2D eigenvalue weighted by Gasteiger charge is -2.02. The number of nitrogens with zero attached hydrogens (tertiary/aromatic N) is 1. The van der Waals surface area contributed by atoms with E-state index in [1.807, 2.05) is 0 Å². The minimum atomic E-state index is -4.51. The van der Waals surface area contributed by atoms with Crippen LogP contribution in [-0.2, 0) is 6.18 Å². The fourth-order valence-corrected chi connectivity index (χ4v) is 0.910. The van der Waals surface area contributed by atoms with Gasteiger partial charge in [0, 0.05) is 11.6 Å². The monoisotopic (exact) mass is 204 g/mol. The number of hydrogen-bond acceptors (Lipinski definition) is 3. The molecule has 0 radical (unpaired) electrons. The fourth-order valence-electron chi connectivity index (χ4n) is 0.910. The maximum Gasteiger partial charge on any atom is 0.449 e. The number of nitriles is 1. The molecule has 76 valence electrons. The van der Waals surface area contributed by atoms with Crippen LogP contribution in [-0.4, -0.2) is 0 Å². The maximum absolute atomic E-state index is 12.1. The van der Waals surface area contributed by atoms with Crippen molar-refractivity contribution in [1.82, 2.24) is 0 Å². The largest absolute Gasteiger partial charge is 0.459 e. The second-order valence-corrected chi connectivity index (χ2v) is 2.71. The molecule has 0 aliphatic carbocycles. The van der Waals surface area contributed by atoms with Crippen LogP contribution in [0.2, 0.25) is 0 Å². The molecule has 0 saturated carbocycles. The molecule has 1 atom stereocenters. The smallest absolute Gasteiger partial charge is 0.449 e. The van der Waals surface area contributed by atoms with Gasteiger partial charge in [0.15, 0.2) is 0 Å². The third-order valence-electron chi connectivity index (χ3n) is 1.64. The Kier molecular flexibility index (Phi) is 2.81. The van der Waals surface area contributed by atoms with Crippen LogP contribution in [0, 0.1) is 11.3 Å². The molecule has 1 aromatic rings. The van der Waals surface area contributed by atoms with Crippen LogP contribution < -0.4 is 5.73 Å². The quantitative estimate of drug-likeness (QED) is 0.803. The van der Waals surface area contributed by atoms with E-state index in [4.69, 9.17) is 11.0 Å². The van der Waals surface area contributed by atoms with Crippen LogP contribution in [0.15, 0.2) is 16.7 Å². The van der Waals surface area contributed by atoms with Gasteiger partial charge in [-0.3, -0.25) is 0 Å². The molecule has 0 aliphatic rings. The zero-order valence-electron chi connectivity index (χ0n) is 7.01. The average molecular weight is 204 g/mol. The molecular weight excluding hydrogens is 197 g/mol. The zero-order valence-corrected chi connectivity index (χ0v) is 7.01. The van der Waals surface area contributed by atoms with Crippen LogP contribution in [0.4, 0.5) is 13.2 Å². The van der Waals surface area contributed by atoms with Crippen molar-refractivity contribution in [2.75, 3.05) is 0 Å². The minimum absolute atomic E-state index is 0.0448. The van der Waals surface area contributed by atoms with Gasteiger partial charge in [-0.2, -0.15) is 18.4 Å². The van der Waals surface area contributed by atoms with Crippen molar-refractivity contribution in [2.45, 2.75) is 18.6 Å². The molecule has 0 aromatic carbocycles. The highest BCUT2D eigenvalue weighted by Crippen LogP contribution is 2.32. The van der Waals surface area contributed by atoms with Gasteiger partial charge in [-0.25, -0.2) is 0 Å².